The molecule has 0 aromatic heterocycles. The predicted octanol–water partition coefficient (Wildman–Crippen LogP) is 3.67. The lowest BCUT2D eigenvalue weighted by atomic mass is 10.1. The van der Waals surface area contributed by atoms with Gasteiger partial charge in [0.05, 0.1) is 5.54 Å². The third-order valence-electron chi connectivity index (χ3n) is 3.18. The van der Waals surface area contributed by atoms with Crippen molar-refractivity contribution in [2.75, 3.05) is 0 Å². The summed E-state index contributed by atoms with van der Waals surface area (Å²) in [6.45, 7) is 10.4. The summed E-state index contributed by atoms with van der Waals surface area (Å²) in [5, 5.41) is 0. The van der Waals surface area contributed by atoms with Gasteiger partial charge in [-0.1, -0.05) is 0 Å². The molecule has 1 fully saturated rings. The summed E-state index contributed by atoms with van der Waals surface area (Å²) in [6, 6.07) is 0. The molecule has 0 aromatic carbocycles. The lowest BCUT2D eigenvalue weighted by molar-refractivity contribution is -0.108. The fraction of sp³-hybridized carbons (Fsp3) is 0.812. The maximum absolute atomic E-state index is 12.5. The molecule has 6 heteroatoms. The van der Waals surface area contributed by atoms with E-state index in [1.54, 1.807) is 41.5 Å². The minimum atomic E-state index is -0.717. The lowest BCUT2D eigenvalue weighted by Crippen LogP contribution is -2.50. The summed E-state index contributed by atoms with van der Waals surface area (Å²) in [4.78, 5) is 36.6. The first-order chi connectivity index (χ1) is 9.90. The Labute approximate surface area is 132 Å². The summed E-state index contributed by atoms with van der Waals surface area (Å²) in [5.41, 5.74) is -2.07. The molecule has 0 N–H and O–H groups in total. The van der Waals surface area contributed by atoms with Crippen molar-refractivity contribution < 1.29 is 23.9 Å². The topological polar surface area (TPSA) is 72.9 Å². The molecule has 0 atom stereocenters. The molecule has 0 unspecified atom stereocenters. The predicted molar refractivity (Wildman–Crippen MR) is 81.6 cm³/mol. The average Bonchev–Trinajstić information content (AvgIpc) is 3.02. The third-order valence-corrected chi connectivity index (χ3v) is 3.18. The van der Waals surface area contributed by atoms with E-state index in [2.05, 4.69) is 0 Å². The van der Waals surface area contributed by atoms with Crippen LogP contribution in [0.5, 0.6) is 0 Å². The Kier molecular flexibility index (Phi) is 5.25. The largest absolute Gasteiger partial charge is 0.443 e. The molecular weight excluding hydrogens is 286 g/mol. The molecule has 1 aliphatic carbocycles. The Bertz CT molecular complexity index is 412. The molecule has 0 aromatic rings. The Morgan fingerprint density at radius 3 is 1.68 bits per heavy atom. The van der Waals surface area contributed by atoms with Crippen LogP contribution in [0.25, 0.3) is 0 Å². The van der Waals surface area contributed by atoms with Crippen molar-refractivity contribution >= 4 is 18.5 Å². The lowest BCUT2D eigenvalue weighted by Gasteiger charge is -2.33. The van der Waals surface area contributed by atoms with Crippen LogP contribution in [0.15, 0.2) is 0 Å². The van der Waals surface area contributed by atoms with Gasteiger partial charge >= 0.3 is 12.2 Å². The van der Waals surface area contributed by atoms with Crippen molar-refractivity contribution in [3.8, 4) is 0 Å². The van der Waals surface area contributed by atoms with Gasteiger partial charge in [0.2, 0.25) is 0 Å². The van der Waals surface area contributed by atoms with E-state index in [4.69, 9.17) is 9.47 Å². The van der Waals surface area contributed by atoms with Gasteiger partial charge in [0.15, 0.2) is 0 Å². The van der Waals surface area contributed by atoms with Crippen LogP contribution in [-0.4, -0.2) is 40.1 Å². The molecule has 6 nitrogen and oxygen atoms in total. The first-order valence-electron chi connectivity index (χ1n) is 7.60. The van der Waals surface area contributed by atoms with Gasteiger partial charge in [0, 0.05) is 6.42 Å². The van der Waals surface area contributed by atoms with E-state index < -0.39 is 28.9 Å². The molecule has 0 bridgehead atoms. The number of hydrogen-bond acceptors (Lipinski definition) is 5. The number of amides is 2. The van der Waals surface area contributed by atoms with Crippen molar-refractivity contribution in [3.05, 3.63) is 0 Å². The van der Waals surface area contributed by atoms with Gasteiger partial charge in [-0.25, -0.2) is 14.5 Å². The van der Waals surface area contributed by atoms with Crippen molar-refractivity contribution in [2.24, 2.45) is 0 Å². The van der Waals surface area contributed by atoms with Crippen LogP contribution in [0, 0.1) is 0 Å². The molecule has 0 spiro atoms. The van der Waals surface area contributed by atoms with E-state index in [0.717, 1.165) is 11.2 Å². The second kappa shape index (κ2) is 6.26. The normalized spacial score (nSPS) is 16.6. The minimum absolute atomic E-state index is 0.294. The highest BCUT2D eigenvalue weighted by molar-refractivity contribution is 5.90. The highest BCUT2D eigenvalue weighted by Gasteiger charge is 2.55. The monoisotopic (exact) mass is 313 g/mol. The van der Waals surface area contributed by atoms with Gasteiger partial charge in [-0.2, -0.15) is 0 Å². The van der Waals surface area contributed by atoms with Crippen molar-refractivity contribution in [3.63, 3.8) is 0 Å². The maximum Gasteiger partial charge on any atom is 0.420 e. The molecular formula is C16H27NO5. The highest BCUT2D eigenvalue weighted by Crippen LogP contribution is 2.46. The van der Waals surface area contributed by atoms with Gasteiger partial charge in [-0.15, -0.1) is 0 Å². The van der Waals surface area contributed by atoms with Crippen molar-refractivity contribution in [1.29, 1.82) is 0 Å². The fourth-order valence-corrected chi connectivity index (χ4v) is 2.13. The van der Waals surface area contributed by atoms with Gasteiger partial charge in [-0.05, 0) is 60.8 Å². The summed E-state index contributed by atoms with van der Waals surface area (Å²) in [6.07, 6.45) is 1.42. The highest BCUT2D eigenvalue weighted by atomic mass is 16.6. The minimum Gasteiger partial charge on any atom is -0.443 e. The second-order valence-electron chi connectivity index (χ2n) is 7.73. The number of imide groups is 1. The number of nitrogens with zero attached hydrogens (tertiary/aromatic N) is 1. The van der Waals surface area contributed by atoms with E-state index in [9.17, 15) is 14.4 Å². The smallest absolute Gasteiger partial charge is 0.420 e. The molecule has 1 aliphatic rings. The zero-order valence-electron chi connectivity index (χ0n) is 14.4. The van der Waals surface area contributed by atoms with Crippen LogP contribution < -0.4 is 0 Å². The molecule has 1 rings (SSSR count). The molecule has 22 heavy (non-hydrogen) atoms. The second-order valence-corrected chi connectivity index (χ2v) is 7.73. The Balaban J connectivity index is 2.98. The van der Waals surface area contributed by atoms with Crippen LogP contribution in [0.1, 0.15) is 67.2 Å². The first-order valence-corrected chi connectivity index (χ1v) is 7.60. The Morgan fingerprint density at radius 2 is 1.41 bits per heavy atom. The van der Waals surface area contributed by atoms with Crippen LogP contribution in [0.2, 0.25) is 0 Å². The molecule has 0 saturated heterocycles. The average molecular weight is 313 g/mol. The summed E-state index contributed by atoms with van der Waals surface area (Å²) in [7, 11) is 0. The van der Waals surface area contributed by atoms with E-state index in [1.165, 1.54) is 0 Å². The zero-order chi connectivity index (χ0) is 17.2. The van der Waals surface area contributed by atoms with Gasteiger partial charge in [0.25, 0.3) is 0 Å². The number of carbonyl (C=O) groups excluding carboxylic acids is 3. The Morgan fingerprint density at radius 1 is 1.00 bits per heavy atom. The summed E-state index contributed by atoms with van der Waals surface area (Å²) < 4.78 is 10.7. The quantitative estimate of drug-likeness (QED) is 0.740. The zero-order valence-corrected chi connectivity index (χ0v) is 14.4. The van der Waals surface area contributed by atoms with Gasteiger partial charge in [0.1, 0.15) is 17.5 Å². The van der Waals surface area contributed by atoms with Crippen LogP contribution in [0.3, 0.4) is 0 Å². The molecule has 0 heterocycles. The van der Waals surface area contributed by atoms with Crippen LogP contribution in [-0.2, 0) is 14.3 Å². The Hall–Kier alpha value is -1.59. The fourth-order valence-electron chi connectivity index (χ4n) is 2.13. The first kappa shape index (κ1) is 18.5. The summed E-state index contributed by atoms with van der Waals surface area (Å²) >= 11 is 0. The summed E-state index contributed by atoms with van der Waals surface area (Å²) in [5.74, 6) is 0. The molecule has 0 aliphatic heterocycles. The SMILES string of the molecule is CC(C)(C)OC(=O)N(C(=O)OC(C)(C)C)C1(CCC=O)CC1. The number of rotatable bonds is 4. The number of ether oxygens (including phenoxy) is 2. The van der Waals surface area contributed by atoms with Crippen molar-refractivity contribution in [1.82, 2.24) is 4.90 Å². The number of hydrogen-bond donors (Lipinski definition) is 0. The van der Waals surface area contributed by atoms with E-state index >= 15 is 0 Å². The molecule has 0 radical (unpaired) electrons. The van der Waals surface area contributed by atoms with Crippen molar-refractivity contribution in [2.45, 2.75) is 84.0 Å². The number of aldehydes is 1. The number of carbonyl (C=O) groups is 3. The molecule has 126 valence electrons. The van der Waals surface area contributed by atoms with Gasteiger partial charge in [-0.3, -0.25) is 0 Å². The third kappa shape index (κ3) is 5.31. The van der Waals surface area contributed by atoms with E-state index in [-0.39, 0.29) is 0 Å². The molecule has 2 amide bonds. The van der Waals surface area contributed by atoms with E-state index in [0.29, 0.717) is 25.7 Å². The van der Waals surface area contributed by atoms with Crippen LogP contribution in [0.4, 0.5) is 9.59 Å². The maximum atomic E-state index is 12.5. The standard InChI is InChI=1S/C16H27NO5/c1-14(2,3)21-12(19)17(13(20)22-15(4,5)6)16(9-10-16)8-7-11-18/h11H,7-10H2,1-6H3. The molecule has 1 saturated carbocycles. The van der Waals surface area contributed by atoms with Gasteiger partial charge < -0.3 is 14.3 Å². The van der Waals surface area contributed by atoms with Crippen LogP contribution >= 0.6 is 0 Å². The van der Waals surface area contributed by atoms with E-state index in [1.807, 2.05) is 0 Å².